The molecule has 1 saturated heterocycles. The van der Waals surface area contributed by atoms with E-state index >= 15 is 0 Å². The fourth-order valence-corrected chi connectivity index (χ4v) is 3.21. The van der Waals surface area contributed by atoms with Gasteiger partial charge in [0.2, 0.25) is 0 Å². The van der Waals surface area contributed by atoms with Crippen LogP contribution in [0.3, 0.4) is 0 Å². The molecule has 1 saturated carbocycles. The Morgan fingerprint density at radius 2 is 1.95 bits per heavy atom. The van der Waals surface area contributed by atoms with Gasteiger partial charge in [-0.3, -0.25) is 4.90 Å². The quantitative estimate of drug-likeness (QED) is 0.843. The van der Waals surface area contributed by atoms with Gasteiger partial charge in [-0.05, 0) is 62.7 Å². The van der Waals surface area contributed by atoms with Gasteiger partial charge < -0.3 is 5.32 Å². The van der Waals surface area contributed by atoms with E-state index in [2.05, 4.69) is 41.4 Å². The molecule has 0 spiro atoms. The number of likely N-dealkylation sites (tertiary alicyclic amines) is 1. The SMILES string of the molecule is CC(CNCc1ccccc1C1CC1)N1CCCC1. The minimum absolute atomic E-state index is 0.676. The molecule has 3 rings (SSSR count). The first kappa shape index (κ1) is 13.1. The number of nitrogens with one attached hydrogen (secondary N) is 1. The van der Waals surface area contributed by atoms with E-state index in [4.69, 9.17) is 0 Å². The van der Waals surface area contributed by atoms with Gasteiger partial charge >= 0.3 is 0 Å². The minimum Gasteiger partial charge on any atom is -0.311 e. The van der Waals surface area contributed by atoms with E-state index in [0.29, 0.717) is 6.04 Å². The second-order valence-corrected chi connectivity index (χ2v) is 6.20. The van der Waals surface area contributed by atoms with Crippen LogP contribution < -0.4 is 5.32 Å². The highest BCUT2D eigenvalue weighted by molar-refractivity contribution is 5.33. The molecule has 2 aliphatic rings. The van der Waals surface area contributed by atoms with Crippen molar-refractivity contribution in [1.29, 1.82) is 0 Å². The third-order valence-electron chi connectivity index (χ3n) is 4.59. The lowest BCUT2D eigenvalue weighted by Gasteiger charge is -2.24. The number of rotatable bonds is 6. The molecular weight excluding hydrogens is 232 g/mol. The van der Waals surface area contributed by atoms with Gasteiger partial charge in [0.25, 0.3) is 0 Å². The molecule has 1 unspecified atom stereocenters. The average molecular weight is 258 g/mol. The molecule has 2 fully saturated rings. The molecule has 104 valence electrons. The van der Waals surface area contributed by atoms with E-state index in [1.165, 1.54) is 44.3 Å². The molecule has 2 heteroatoms. The second kappa shape index (κ2) is 6.06. The third-order valence-corrected chi connectivity index (χ3v) is 4.59. The van der Waals surface area contributed by atoms with Crippen LogP contribution in [0.1, 0.15) is 49.7 Å². The van der Waals surface area contributed by atoms with E-state index < -0.39 is 0 Å². The molecule has 0 aromatic heterocycles. The van der Waals surface area contributed by atoms with Crippen molar-refractivity contribution in [3.05, 3.63) is 35.4 Å². The van der Waals surface area contributed by atoms with Gasteiger partial charge in [0.05, 0.1) is 0 Å². The van der Waals surface area contributed by atoms with Crippen LogP contribution in [0.25, 0.3) is 0 Å². The number of nitrogens with zero attached hydrogens (tertiary/aromatic N) is 1. The van der Waals surface area contributed by atoms with Crippen molar-refractivity contribution < 1.29 is 0 Å². The van der Waals surface area contributed by atoms with Crippen molar-refractivity contribution in [3.63, 3.8) is 0 Å². The summed E-state index contributed by atoms with van der Waals surface area (Å²) in [6.45, 7) is 7.08. The summed E-state index contributed by atoms with van der Waals surface area (Å²) in [7, 11) is 0. The van der Waals surface area contributed by atoms with Gasteiger partial charge in [-0.15, -0.1) is 0 Å². The maximum absolute atomic E-state index is 3.66. The molecule has 2 nitrogen and oxygen atoms in total. The second-order valence-electron chi connectivity index (χ2n) is 6.20. The number of hydrogen-bond acceptors (Lipinski definition) is 2. The first-order chi connectivity index (χ1) is 9.34. The lowest BCUT2D eigenvalue weighted by molar-refractivity contribution is 0.251. The van der Waals surface area contributed by atoms with E-state index in [9.17, 15) is 0 Å². The Morgan fingerprint density at radius 1 is 1.21 bits per heavy atom. The average Bonchev–Trinajstić information content (AvgIpc) is 3.13. The van der Waals surface area contributed by atoms with Crippen LogP contribution in [0.5, 0.6) is 0 Å². The summed E-state index contributed by atoms with van der Waals surface area (Å²) in [6.07, 6.45) is 5.55. The van der Waals surface area contributed by atoms with Crippen LogP contribution in [0, 0.1) is 0 Å². The molecule has 1 aliphatic carbocycles. The van der Waals surface area contributed by atoms with Gasteiger partial charge in [-0.25, -0.2) is 0 Å². The molecule has 0 amide bonds. The summed E-state index contributed by atoms with van der Waals surface area (Å²) < 4.78 is 0. The first-order valence-electron chi connectivity index (χ1n) is 7.87. The Balaban J connectivity index is 1.49. The van der Waals surface area contributed by atoms with Crippen LogP contribution in [0.2, 0.25) is 0 Å². The Hall–Kier alpha value is -0.860. The monoisotopic (exact) mass is 258 g/mol. The normalized spacial score (nSPS) is 21.7. The predicted molar refractivity (Wildman–Crippen MR) is 80.4 cm³/mol. The molecule has 1 N–H and O–H groups in total. The predicted octanol–water partition coefficient (Wildman–Crippen LogP) is 3.14. The van der Waals surface area contributed by atoms with Gasteiger partial charge in [-0.1, -0.05) is 24.3 Å². The van der Waals surface area contributed by atoms with Crippen molar-refractivity contribution in [3.8, 4) is 0 Å². The van der Waals surface area contributed by atoms with Crippen LogP contribution in [-0.2, 0) is 6.54 Å². The van der Waals surface area contributed by atoms with Gasteiger partial charge in [0.15, 0.2) is 0 Å². The maximum atomic E-state index is 3.66. The summed E-state index contributed by atoms with van der Waals surface area (Å²) >= 11 is 0. The third kappa shape index (κ3) is 3.37. The summed E-state index contributed by atoms with van der Waals surface area (Å²) in [4.78, 5) is 2.61. The van der Waals surface area contributed by atoms with Crippen LogP contribution in [0.4, 0.5) is 0 Å². The summed E-state index contributed by atoms with van der Waals surface area (Å²) in [5, 5.41) is 3.66. The van der Waals surface area contributed by atoms with Gasteiger partial charge in [-0.2, -0.15) is 0 Å². The molecule has 1 aliphatic heterocycles. The molecule has 1 aromatic carbocycles. The van der Waals surface area contributed by atoms with E-state index in [-0.39, 0.29) is 0 Å². The fraction of sp³-hybridized carbons (Fsp3) is 0.647. The summed E-state index contributed by atoms with van der Waals surface area (Å²) in [5.41, 5.74) is 3.10. The number of benzene rings is 1. The first-order valence-corrected chi connectivity index (χ1v) is 7.87. The Bertz CT molecular complexity index is 405. The van der Waals surface area contributed by atoms with E-state index in [1.54, 1.807) is 5.56 Å². The van der Waals surface area contributed by atoms with Crippen LogP contribution in [-0.4, -0.2) is 30.6 Å². The lowest BCUT2D eigenvalue weighted by atomic mass is 10.0. The lowest BCUT2D eigenvalue weighted by Crippen LogP contribution is -2.38. The highest BCUT2D eigenvalue weighted by atomic mass is 15.2. The molecular formula is C17H26N2. The standard InChI is InChI=1S/C17H26N2/c1-14(19-10-4-5-11-19)12-18-13-16-6-2-3-7-17(16)15-8-9-15/h2-3,6-7,14-15,18H,4-5,8-13H2,1H3. The molecule has 1 aromatic rings. The zero-order chi connectivity index (χ0) is 13.1. The topological polar surface area (TPSA) is 15.3 Å². The van der Waals surface area contributed by atoms with Crippen molar-refractivity contribution in [2.24, 2.45) is 0 Å². The van der Waals surface area contributed by atoms with Crippen molar-refractivity contribution in [1.82, 2.24) is 10.2 Å². The van der Waals surface area contributed by atoms with Crippen molar-refractivity contribution in [2.45, 2.75) is 51.1 Å². The maximum Gasteiger partial charge on any atom is 0.0208 e. The van der Waals surface area contributed by atoms with Gasteiger partial charge in [0, 0.05) is 19.1 Å². The molecule has 1 heterocycles. The molecule has 19 heavy (non-hydrogen) atoms. The van der Waals surface area contributed by atoms with E-state index in [1.807, 2.05) is 0 Å². The van der Waals surface area contributed by atoms with Crippen molar-refractivity contribution in [2.75, 3.05) is 19.6 Å². The molecule has 0 radical (unpaired) electrons. The summed E-state index contributed by atoms with van der Waals surface area (Å²) in [6, 6.07) is 9.65. The summed E-state index contributed by atoms with van der Waals surface area (Å²) in [5.74, 6) is 0.856. The fourth-order valence-electron chi connectivity index (χ4n) is 3.21. The van der Waals surface area contributed by atoms with E-state index in [0.717, 1.165) is 19.0 Å². The molecule has 1 atom stereocenters. The van der Waals surface area contributed by atoms with Crippen LogP contribution in [0.15, 0.2) is 24.3 Å². The zero-order valence-electron chi connectivity index (χ0n) is 12.1. The smallest absolute Gasteiger partial charge is 0.0208 e. The van der Waals surface area contributed by atoms with Crippen LogP contribution >= 0.6 is 0 Å². The molecule has 0 bridgehead atoms. The zero-order valence-corrected chi connectivity index (χ0v) is 12.1. The highest BCUT2D eigenvalue weighted by Crippen LogP contribution is 2.41. The Morgan fingerprint density at radius 3 is 2.68 bits per heavy atom. The Kier molecular flexibility index (Phi) is 4.19. The largest absolute Gasteiger partial charge is 0.311 e. The van der Waals surface area contributed by atoms with Gasteiger partial charge in [0.1, 0.15) is 0 Å². The minimum atomic E-state index is 0.676. The van der Waals surface area contributed by atoms with Crippen molar-refractivity contribution >= 4 is 0 Å². The highest BCUT2D eigenvalue weighted by Gasteiger charge is 2.25. The number of hydrogen-bond donors (Lipinski definition) is 1. The Labute approximate surface area is 117 Å².